The van der Waals surface area contributed by atoms with Gasteiger partial charge in [0.15, 0.2) is 0 Å². The summed E-state index contributed by atoms with van der Waals surface area (Å²) in [6.45, 7) is -0.196. The van der Waals surface area contributed by atoms with Crippen LogP contribution < -0.4 is 15.1 Å². The Bertz CT molecular complexity index is 1220. The second-order valence-electron chi connectivity index (χ2n) is 7.46. The van der Waals surface area contributed by atoms with E-state index in [1.807, 2.05) is 18.2 Å². The fourth-order valence-corrected chi connectivity index (χ4v) is 5.53. The molecule has 1 fully saturated rings. The van der Waals surface area contributed by atoms with Crippen LogP contribution in [0.15, 0.2) is 78.9 Å². The van der Waals surface area contributed by atoms with E-state index >= 15 is 0 Å². The van der Waals surface area contributed by atoms with Crippen LogP contribution >= 0.6 is 11.8 Å². The first-order valence-electron chi connectivity index (χ1n) is 9.99. The minimum atomic E-state index is -1.33. The molecule has 3 aromatic rings. The van der Waals surface area contributed by atoms with E-state index in [-0.39, 0.29) is 30.0 Å². The first kappa shape index (κ1) is 20.3. The van der Waals surface area contributed by atoms with E-state index in [4.69, 9.17) is 0 Å². The van der Waals surface area contributed by atoms with Crippen LogP contribution in [-0.4, -0.2) is 30.0 Å². The van der Waals surface area contributed by atoms with Crippen LogP contribution in [0.5, 0.6) is 0 Å². The minimum Gasteiger partial charge on any atom is -0.325 e. The molecule has 32 heavy (non-hydrogen) atoms. The van der Waals surface area contributed by atoms with Crippen LogP contribution in [0.4, 0.5) is 21.5 Å². The largest absolute Gasteiger partial charge is 0.325 e. The fraction of sp³-hybridized carbons (Fsp3) is 0.125. The highest BCUT2D eigenvalue weighted by atomic mass is 32.2. The van der Waals surface area contributed by atoms with Gasteiger partial charge in [-0.2, -0.15) is 0 Å². The van der Waals surface area contributed by atoms with Crippen molar-refractivity contribution in [1.82, 2.24) is 0 Å². The van der Waals surface area contributed by atoms with Crippen molar-refractivity contribution in [3.8, 4) is 0 Å². The Morgan fingerprint density at radius 3 is 2.41 bits per heavy atom. The van der Waals surface area contributed by atoms with Gasteiger partial charge in [-0.25, -0.2) is 4.39 Å². The number of hydrogen-bond acceptors (Lipinski definition) is 4. The smallest absolute Gasteiger partial charge is 0.269 e. The van der Waals surface area contributed by atoms with Crippen LogP contribution in [0, 0.1) is 5.82 Å². The zero-order valence-electron chi connectivity index (χ0n) is 16.8. The molecule has 160 valence electrons. The molecule has 1 saturated heterocycles. The molecule has 8 heteroatoms. The zero-order chi connectivity index (χ0) is 22.3. The van der Waals surface area contributed by atoms with Crippen molar-refractivity contribution in [2.45, 2.75) is 4.87 Å². The van der Waals surface area contributed by atoms with E-state index in [0.29, 0.717) is 22.6 Å². The fourth-order valence-electron chi connectivity index (χ4n) is 4.17. The summed E-state index contributed by atoms with van der Waals surface area (Å²) in [5.41, 5.74) is 2.28. The first-order chi connectivity index (χ1) is 15.5. The Morgan fingerprint density at radius 1 is 0.969 bits per heavy atom. The molecule has 0 aliphatic carbocycles. The van der Waals surface area contributed by atoms with E-state index < -0.39 is 10.7 Å². The number of rotatable bonds is 4. The van der Waals surface area contributed by atoms with Crippen molar-refractivity contribution in [3.05, 3.63) is 90.2 Å². The first-order valence-corrected chi connectivity index (χ1v) is 11.0. The molecule has 0 radical (unpaired) electrons. The predicted octanol–water partition coefficient (Wildman–Crippen LogP) is 3.74. The molecular formula is C24H18FN3O3S. The number of carbonyl (C=O) groups is 3. The van der Waals surface area contributed by atoms with Gasteiger partial charge in [0.1, 0.15) is 12.4 Å². The van der Waals surface area contributed by atoms with E-state index in [9.17, 15) is 18.8 Å². The number of carbonyl (C=O) groups excluding carboxylic acids is 3. The summed E-state index contributed by atoms with van der Waals surface area (Å²) in [5.74, 6) is -1.30. The lowest BCUT2D eigenvalue weighted by molar-refractivity contribution is -0.124. The van der Waals surface area contributed by atoms with E-state index in [1.54, 1.807) is 36.4 Å². The molecular weight excluding hydrogens is 429 g/mol. The van der Waals surface area contributed by atoms with Gasteiger partial charge in [-0.3, -0.25) is 24.2 Å². The van der Waals surface area contributed by atoms with E-state index in [1.165, 1.54) is 45.8 Å². The molecule has 2 aliphatic rings. The third kappa shape index (κ3) is 3.15. The van der Waals surface area contributed by atoms with Crippen LogP contribution in [0.3, 0.4) is 0 Å². The summed E-state index contributed by atoms with van der Waals surface area (Å²) in [5, 5.41) is 2.80. The van der Waals surface area contributed by atoms with Gasteiger partial charge >= 0.3 is 0 Å². The van der Waals surface area contributed by atoms with E-state index in [0.717, 1.165) is 0 Å². The van der Waals surface area contributed by atoms with Crippen molar-refractivity contribution in [1.29, 1.82) is 0 Å². The molecule has 1 atom stereocenters. The Morgan fingerprint density at radius 2 is 1.66 bits per heavy atom. The number of fused-ring (bicyclic) bond motifs is 2. The molecule has 5 rings (SSSR count). The Hall–Kier alpha value is -3.65. The maximum absolute atomic E-state index is 13.8. The maximum Gasteiger partial charge on any atom is 0.269 e. The van der Waals surface area contributed by atoms with Crippen LogP contribution in [0.1, 0.15) is 5.56 Å². The normalized spacial score (nSPS) is 19.5. The van der Waals surface area contributed by atoms with Crippen molar-refractivity contribution >= 4 is 46.5 Å². The predicted molar refractivity (Wildman–Crippen MR) is 122 cm³/mol. The van der Waals surface area contributed by atoms with Gasteiger partial charge in [0, 0.05) is 16.9 Å². The molecule has 0 saturated carbocycles. The van der Waals surface area contributed by atoms with Crippen LogP contribution in [0.25, 0.3) is 0 Å². The lowest BCUT2D eigenvalue weighted by Crippen LogP contribution is -2.50. The quantitative estimate of drug-likeness (QED) is 0.662. The van der Waals surface area contributed by atoms with Gasteiger partial charge in [-0.05, 0) is 42.5 Å². The molecule has 0 bridgehead atoms. The summed E-state index contributed by atoms with van der Waals surface area (Å²) in [6.07, 6.45) is 0. The monoisotopic (exact) mass is 447 g/mol. The maximum atomic E-state index is 13.8. The summed E-state index contributed by atoms with van der Waals surface area (Å²) >= 11 is 1.21. The summed E-state index contributed by atoms with van der Waals surface area (Å²) in [6, 6.07) is 21.6. The number of amides is 3. The Labute approximate surface area is 188 Å². The number of anilines is 3. The SMILES string of the molecule is O=C(CN1C(=O)[C@]2(SCC(=O)N2c2ccc(F)cc2)c2ccccc21)Nc1ccccc1. The standard InChI is InChI=1S/C24H18FN3O3S/c25-16-10-12-18(13-11-16)28-22(30)15-32-24(28)19-8-4-5-9-20(19)27(23(24)31)14-21(29)26-17-6-2-1-3-7-17/h1-13H,14-15H2,(H,26,29)/t24-/m1/s1. The van der Waals surface area contributed by atoms with Gasteiger partial charge in [-0.1, -0.05) is 36.4 Å². The third-order valence-corrected chi connectivity index (χ3v) is 6.89. The highest BCUT2D eigenvalue weighted by Crippen LogP contribution is 2.55. The number of benzene rings is 3. The van der Waals surface area contributed by atoms with Gasteiger partial charge in [0.25, 0.3) is 5.91 Å². The molecule has 1 spiro atoms. The average Bonchev–Trinajstić information content (AvgIpc) is 3.26. The summed E-state index contributed by atoms with van der Waals surface area (Å²) in [4.78, 5) is 41.0. The molecule has 2 aliphatic heterocycles. The number of thioether (sulfide) groups is 1. The number of nitrogens with zero attached hydrogens (tertiary/aromatic N) is 2. The lowest BCUT2D eigenvalue weighted by Gasteiger charge is -2.33. The van der Waals surface area contributed by atoms with Crippen LogP contribution in [0.2, 0.25) is 0 Å². The molecule has 0 aromatic heterocycles. The summed E-state index contributed by atoms with van der Waals surface area (Å²) < 4.78 is 13.5. The van der Waals surface area contributed by atoms with Gasteiger partial charge in [0.05, 0.1) is 11.4 Å². The topological polar surface area (TPSA) is 69.7 Å². The Kier molecular flexibility index (Phi) is 4.94. The average molecular weight is 447 g/mol. The third-order valence-electron chi connectivity index (χ3n) is 5.51. The highest BCUT2D eigenvalue weighted by molar-refractivity contribution is 8.02. The molecule has 1 N–H and O–H groups in total. The number of hydrogen-bond donors (Lipinski definition) is 1. The zero-order valence-corrected chi connectivity index (χ0v) is 17.6. The van der Waals surface area contributed by atoms with Crippen molar-refractivity contribution in [3.63, 3.8) is 0 Å². The Balaban J connectivity index is 1.53. The molecule has 2 heterocycles. The van der Waals surface area contributed by atoms with Gasteiger partial charge in [-0.15, -0.1) is 11.8 Å². The second-order valence-corrected chi connectivity index (χ2v) is 8.63. The van der Waals surface area contributed by atoms with Crippen molar-refractivity contribution < 1.29 is 18.8 Å². The molecule has 3 aromatic carbocycles. The lowest BCUT2D eigenvalue weighted by atomic mass is 10.0. The highest BCUT2D eigenvalue weighted by Gasteiger charge is 2.61. The number of para-hydroxylation sites is 2. The van der Waals surface area contributed by atoms with Gasteiger partial charge < -0.3 is 5.32 Å². The van der Waals surface area contributed by atoms with Crippen LogP contribution in [-0.2, 0) is 19.3 Å². The minimum absolute atomic E-state index is 0.0987. The summed E-state index contributed by atoms with van der Waals surface area (Å²) in [7, 11) is 0. The van der Waals surface area contributed by atoms with Crippen molar-refractivity contribution in [2.75, 3.05) is 27.4 Å². The van der Waals surface area contributed by atoms with Crippen molar-refractivity contribution in [2.24, 2.45) is 0 Å². The molecule has 6 nitrogen and oxygen atoms in total. The van der Waals surface area contributed by atoms with E-state index in [2.05, 4.69) is 5.32 Å². The second kappa shape index (κ2) is 7.80. The van der Waals surface area contributed by atoms with Gasteiger partial charge in [0.2, 0.25) is 16.7 Å². The number of nitrogens with one attached hydrogen (secondary N) is 1. The number of halogens is 1. The molecule has 0 unspecified atom stereocenters. The molecule has 3 amide bonds.